The maximum Gasteiger partial charge on any atom is 0.213 e. The van der Waals surface area contributed by atoms with Gasteiger partial charge in [0.1, 0.15) is 17.2 Å². The highest BCUT2D eigenvalue weighted by molar-refractivity contribution is 6.02. The minimum atomic E-state index is -0.281. The molecule has 2 aliphatic heterocycles. The Kier molecular flexibility index (Phi) is 4.35. The van der Waals surface area contributed by atoms with Crippen molar-refractivity contribution in [1.82, 2.24) is 5.01 Å². The number of methoxy groups -OCH3 is 2. The molecule has 0 fully saturated rings. The van der Waals surface area contributed by atoms with Crippen LogP contribution >= 0.6 is 0 Å². The van der Waals surface area contributed by atoms with E-state index in [4.69, 9.17) is 19.3 Å². The van der Waals surface area contributed by atoms with E-state index >= 15 is 0 Å². The summed E-state index contributed by atoms with van der Waals surface area (Å²) in [6.07, 6.45) is 0.552. The zero-order valence-electron chi connectivity index (χ0n) is 16.4. The van der Waals surface area contributed by atoms with Crippen LogP contribution in [0.25, 0.3) is 0 Å². The molecule has 0 spiro atoms. The molecule has 0 radical (unpaired) electrons. The Hall–Kier alpha value is -3.47. The van der Waals surface area contributed by atoms with Gasteiger partial charge < -0.3 is 14.2 Å². The van der Waals surface area contributed by atoms with Gasteiger partial charge in [0.25, 0.3) is 0 Å². The van der Waals surface area contributed by atoms with Gasteiger partial charge in [-0.1, -0.05) is 18.2 Å². The molecule has 29 heavy (non-hydrogen) atoms. The van der Waals surface area contributed by atoms with E-state index in [1.54, 1.807) is 14.2 Å². The number of hydrogen-bond donors (Lipinski definition) is 0. The van der Waals surface area contributed by atoms with Gasteiger partial charge in [-0.15, -0.1) is 0 Å². The van der Waals surface area contributed by atoms with Crippen LogP contribution in [0.4, 0.5) is 0 Å². The van der Waals surface area contributed by atoms with E-state index in [1.807, 2.05) is 48.5 Å². The van der Waals surface area contributed by atoms with E-state index in [2.05, 4.69) is 29.3 Å². The molecule has 3 aromatic carbocycles. The predicted molar refractivity (Wildman–Crippen MR) is 112 cm³/mol. The van der Waals surface area contributed by atoms with Crippen LogP contribution in [0.5, 0.6) is 17.2 Å². The van der Waals surface area contributed by atoms with E-state index in [9.17, 15) is 0 Å². The lowest BCUT2D eigenvalue weighted by molar-refractivity contribution is -0.0190. The molecule has 0 saturated carbocycles. The van der Waals surface area contributed by atoms with E-state index in [1.165, 1.54) is 5.56 Å². The molecule has 2 heterocycles. The van der Waals surface area contributed by atoms with Gasteiger partial charge in [-0.25, -0.2) is 5.01 Å². The van der Waals surface area contributed by atoms with Crippen LogP contribution in [0.1, 0.15) is 35.4 Å². The highest BCUT2D eigenvalue weighted by Crippen LogP contribution is 2.47. The van der Waals surface area contributed by atoms with Crippen LogP contribution in [-0.4, -0.2) is 24.9 Å². The van der Waals surface area contributed by atoms with Gasteiger partial charge >= 0.3 is 0 Å². The molecule has 5 heteroatoms. The Morgan fingerprint density at radius 3 is 2.21 bits per heavy atom. The minimum absolute atomic E-state index is 0.143. The molecular formula is C24H22N2O3. The Labute approximate surface area is 170 Å². The summed E-state index contributed by atoms with van der Waals surface area (Å²) in [6.45, 7) is 0. The van der Waals surface area contributed by atoms with Crippen LogP contribution in [0.15, 0.2) is 77.9 Å². The minimum Gasteiger partial charge on any atom is -0.497 e. The number of para-hydroxylation sites is 1. The quantitative estimate of drug-likeness (QED) is 0.637. The molecule has 0 N–H and O–H groups in total. The maximum atomic E-state index is 6.38. The lowest BCUT2D eigenvalue weighted by atomic mass is 9.96. The molecule has 3 aromatic rings. The third-order valence-electron chi connectivity index (χ3n) is 5.52. The SMILES string of the molecule is COc1ccc(C2=NN3[C@@H](C2)c2ccccc2O[C@H]3c2ccc(OC)cc2)cc1. The van der Waals surface area contributed by atoms with Gasteiger partial charge in [-0.3, -0.25) is 0 Å². The van der Waals surface area contributed by atoms with Crippen LogP contribution < -0.4 is 14.2 Å². The van der Waals surface area contributed by atoms with E-state index in [0.29, 0.717) is 0 Å². The third-order valence-corrected chi connectivity index (χ3v) is 5.52. The Bertz CT molecular complexity index is 1040. The predicted octanol–water partition coefficient (Wildman–Crippen LogP) is 4.95. The standard InChI is InChI=1S/C24H22N2O3/c1-27-18-11-7-16(8-12-18)21-15-22-20-5-3-4-6-23(20)29-24(26(22)25-21)17-9-13-19(28-2)14-10-17/h3-14,22,24H,15H2,1-2H3/t22-,24-/m0/s1. The van der Waals surface area contributed by atoms with Crippen molar-refractivity contribution in [2.24, 2.45) is 5.10 Å². The molecule has 5 rings (SSSR count). The van der Waals surface area contributed by atoms with Crippen molar-refractivity contribution in [2.45, 2.75) is 18.7 Å². The molecule has 0 saturated heterocycles. The first-order valence-electron chi connectivity index (χ1n) is 9.66. The van der Waals surface area contributed by atoms with Crippen molar-refractivity contribution in [3.8, 4) is 17.2 Å². The summed E-state index contributed by atoms with van der Waals surface area (Å²) in [6, 6.07) is 24.4. The van der Waals surface area contributed by atoms with E-state index in [0.717, 1.165) is 40.5 Å². The number of fused-ring (bicyclic) bond motifs is 3. The molecule has 2 atom stereocenters. The van der Waals surface area contributed by atoms with E-state index in [-0.39, 0.29) is 12.3 Å². The van der Waals surface area contributed by atoms with Crippen LogP contribution in [0.3, 0.4) is 0 Å². The van der Waals surface area contributed by atoms with Crippen molar-refractivity contribution < 1.29 is 14.2 Å². The van der Waals surface area contributed by atoms with Crippen LogP contribution in [0, 0.1) is 0 Å². The lowest BCUT2D eigenvalue weighted by Crippen LogP contribution is -2.33. The average molecular weight is 386 g/mol. The van der Waals surface area contributed by atoms with Gasteiger partial charge in [0.15, 0.2) is 0 Å². The molecule has 0 bridgehead atoms. The van der Waals surface area contributed by atoms with Gasteiger partial charge in [0.2, 0.25) is 6.23 Å². The number of benzene rings is 3. The summed E-state index contributed by atoms with van der Waals surface area (Å²) in [5.74, 6) is 2.58. The highest BCUT2D eigenvalue weighted by Gasteiger charge is 2.40. The number of nitrogens with zero attached hydrogens (tertiary/aromatic N) is 2. The van der Waals surface area contributed by atoms with Gasteiger partial charge in [-0.05, 0) is 60.2 Å². The summed E-state index contributed by atoms with van der Waals surface area (Å²) >= 11 is 0. The summed E-state index contributed by atoms with van der Waals surface area (Å²) in [5.41, 5.74) is 4.37. The van der Waals surface area contributed by atoms with Crippen molar-refractivity contribution in [1.29, 1.82) is 0 Å². The topological polar surface area (TPSA) is 43.3 Å². The number of hydrazone groups is 1. The third kappa shape index (κ3) is 3.09. The second-order valence-electron chi connectivity index (χ2n) is 7.16. The number of rotatable bonds is 4. The molecule has 146 valence electrons. The van der Waals surface area contributed by atoms with Crippen molar-refractivity contribution >= 4 is 5.71 Å². The van der Waals surface area contributed by atoms with Gasteiger partial charge in [0.05, 0.1) is 26.0 Å². The Morgan fingerprint density at radius 1 is 0.862 bits per heavy atom. The zero-order valence-corrected chi connectivity index (χ0v) is 16.4. The lowest BCUT2D eigenvalue weighted by Gasteiger charge is -2.38. The fourth-order valence-electron chi connectivity index (χ4n) is 3.98. The molecule has 2 aliphatic rings. The molecule has 0 aromatic heterocycles. The summed E-state index contributed by atoms with van der Waals surface area (Å²) in [7, 11) is 3.35. The smallest absolute Gasteiger partial charge is 0.213 e. The highest BCUT2D eigenvalue weighted by atomic mass is 16.5. The fourth-order valence-corrected chi connectivity index (χ4v) is 3.98. The van der Waals surface area contributed by atoms with E-state index < -0.39 is 0 Å². The summed E-state index contributed by atoms with van der Waals surface area (Å²) in [5, 5.41) is 7.08. The monoisotopic (exact) mass is 386 g/mol. The number of ether oxygens (including phenoxy) is 3. The first-order chi connectivity index (χ1) is 14.3. The average Bonchev–Trinajstić information content (AvgIpc) is 3.24. The zero-order chi connectivity index (χ0) is 19.8. The molecule has 0 amide bonds. The van der Waals surface area contributed by atoms with Crippen LogP contribution in [-0.2, 0) is 0 Å². The van der Waals surface area contributed by atoms with Gasteiger partial charge in [0, 0.05) is 17.5 Å². The van der Waals surface area contributed by atoms with Gasteiger partial charge in [-0.2, -0.15) is 5.10 Å². The molecule has 5 nitrogen and oxygen atoms in total. The Morgan fingerprint density at radius 2 is 1.52 bits per heavy atom. The second-order valence-corrected chi connectivity index (χ2v) is 7.16. The number of hydrogen-bond acceptors (Lipinski definition) is 5. The van der Waals surface area contributed by atoms with Crippen molar-refractivity contribution in [3.05, 3.63) is 89.5 Å². The van der Waals surface area contributed by atoms with Crippen molar-refractivity contribution in [3.63, 3.8) is 0 Å². The Balaban J connectivity index is 1.54. The molecule has 0 unspecified atom stereocenters. The normalized spacial score (nSPS) is 19.7. The summed E-state index contributed by atoms with van der Waals surface area (Å²) in [4.78, 5) is 0. The summed E-state index contributed by atoms with van der Waals surface area (Å²) < 4.78 is 17.0. The largest absolute Gasteiger partial charge is 0.497 e. The van der Waals surface area contributed by atoms with Crippen molar-refractivity contribution in [2.75, 3.05) is 14.2 Å². The second kappa shape index (κ2) is 7.17. The fraction of sp³-hybridized carbons (Fsp3) is 0.208. The molecule has 0 aliphatic carbocycles. The molecular weight excluding hydrogens is 364 g/mol. The van der Waals surface area contributed by atoms with Crippen LogP contribution in [0.2, 0.25) is 0 Å². The maximum absolute atomic E-state index is 6.38. The first kappa shape index (κ1) is 17.6. The first-order valence-corrected chi connectivity index (χ1v) is 9.66.